The first-order valence-electron chi connectivity index (χ1n) is 3.01. The molecule has 0 aromatic carbocycles. The summed E-state index contributed by atoms with van der Waals surface area (Å²) in [6, 6.07) is 0. The van der Waals surface area contributed by atoms with Crippen molar-refractivity contribution in [1.82, 2.24) is 0 Å². The van der Waals surface area contributed by atoms with Gasteiger partial charge in [-0.1, -0.05) is 13.5 Å². The third kappa shape index (κ3) is 3.76. The third-order valence-electron chi connectivity index (χ3n) is 0.873. The zero-order valence-corrected chi connectivity index (χ0v) is 5.94. The van der Waals surface area contributed by atoms with E-state index in [0.29, 0.717) is 6.61 Å². The summed E-state index contributed by atoms with van der Waals surface area (Å²) < 4.78 is 4.91. The molecule has 0 rings (SSSR count). The molecule has 0 atom stereocenters. The lowest BCUT2D eigenvalue weighted by Gasteiger charge is -2.01. The van der Waals surface area contributed by atoms with E-state index in [1.165, 1.54) is 6.92 Å². The summed E-state index contributed by atoms with van der Waals surface area (Å²) >= 11 is 0. The fourth-order valence-corrected chi connectivity index (χ4v) is 0.327. The van der Waals surface area contributed by atoms with Crippen LogP contribution in [0.3, 0.4) is 0 Å². The molecular formula is C7H12O2. The van der Waals surface area contributed by atoms with Crippen molar-refractivity contribution in [2.75, 3.05) is 6.61 Å². The Kier molecular flexibility index (Phi) is 3.76. The van der Waals surface area contributed by atoms with Crippen molar-refractivity contribution >= 4 is 5.78 Å². The standard InChI is InChI=1S/C7H12O2/c1-4-5-9-7(3)6(2)8/h3-5H2,1-2H3. The molecule has 0 aromatic rings. The van der Waals surface area contributed by atoms with Crippen LogP contribution >= 0.6 is 0 Å². The van der Waals surface area contributed by atoms with Crippen LogP contribution in [-0.4, -0.2) is 12.4 Å². The quantitative estimate of drug-likeness (QED) is 0.424. The Morgan fingerprint density at radius 2 is 2.22 bits per heavy atom. The summed E-state index contributed by atoms with van der Waals surface area (Å²) in [6.07, 6.45) is 0.909. The molecular weight excluding hydrogens is 116 g/mol. The van der Waals surface area contributed by atoms with Gasteiger partial charge in [0.25, 0.3) is 0 Å². The van der Waals surface area contributed by atoms with Crippen molar-refractivity contribution in [2.24, 2.45) is 0 Å². The fourth-order valence-electron chi connectivity index (χ4n) is 0.327. The summed E-state index contributed by atoms with van der Waals surface area (Å²) in [5.74, 6) is 0.167. The van der Waals surface area contributed by atoms with Crippen LogP contribution in [0.5, 0.6) is 0 Å². The van der Waals surface area contributed by atoms with Gasteiger partial charge in [-0.2, -0.15) is 0 Å². The second kappa shape index (κ2) is 4.13. The summed E-state index contributed by atoms with van der Waals surface area (Å²) in [5, 5.41) is 0. The Morgan fingerprint density at radius 3 is 2.56 bits per heavy atom. The summed E-state index contributed by atoms with van der Waals surface area (Å²) in [4.78, 5) is 10.4. The van der Waals surface area contributed by atoms with E-state index < -0.39 is 0 Å². The zero-order chi connectivity index (χ0) is 7.28. The Hall–Kier alpha value is -0.790. The number of Topliss-reactive ketones (excluding diaryl/α,β-unsaturated/α-hetero) is 1. The number of ketones is 1. The Morgan fingerprint density at radius 1 is 1.67 bits per heavy atom. The number of hydrogen-bond acceptors (Lipinski definition) is 2. The van der Waals surface area contributed by atoms with Crippen molar-refractivity contribution in [3.05, 3.63) is 12.3 Å². The molecule has 52 valence electrons. The van der Waals surface area contributed by atoms with Crippen molar-refractivity contribution in [3.63, 3.8) is 0 Å². The maximum Gasteiger partial charge on any atom is 0.193 e. The molecule has 0 amide bonds. The summed E-state index contributed by atoms with van der Waals surface area (Å²) in [7, 11) is 0. The number of hydrogen-bond donors (Lipinski definition) is 0. The van der Waals surface area contributed by atoms with Gasteiger partial charge < -0.3 is 4.74 Å². The van der Waals surface area contributed by atoms with Gasteiger partial charge in [0.05, 0.1) is 6.61 Å². The van der Waals surface area contributed by atoms with Crippen LogP contribution in [0.1, 0.15) is 20.3 Å². The number of allylic oxidation sites excluding steroid dienone is 1. The molecule has 9 heavy (non-hydrogen) atoms. The molecule has 2 heteroatoms. The van der Waals surface area contributed by atoms with Gasteiger partial charge in [0, 0.05) is 6.92 Å². The van der Waals surface area contributed by atoms with Gasteiger partial charge in [-0.05, 0) is 6.42 Å². The van der Waals surface area contributed by atoms with Crippen LogP contribution in [0.15, 0.2) is 12.3 Å². The smallest absolute Gasteiger partial charge is 0.193 e. The average molecular weight is 128 g/mol. The minimum atomic E-state index is -0.0940. The van der Waals surface area contributed by atoms with E-state index >= 15 is 0 Å². The number of carbonyl (C=O) groups excluding carboxylic acids is 1. The van der Waals surface area contributed by atoms with Gasteiger partial charge in [0.2, 0.25) is 0 Å². The molecule has 0 radical (unpaired) electrons. The first-order valence-corrected chi connectivity index (χ1v) is 3.01. The first kappa shape index (κ1) is 8.21. The van der Waals surface area contributed by atoms with E-state index in [1.807, 2.05) is 6.92 Å². The van der Waals surface area contributed by atoms with Crippen LogP contribution in [0.25, 0.3) is 0 Å². The Labute approximate surface area is 55.5 Å². The average Bonchev–Trinajstić information content (AvgIpc) is 1.82. The van der Waals surface area contributed by atoms with Crippen LogP contribution in [0, 0.1) is 0 Å². The minimum absolute atomic E-state index is 0.0940. The van der Waals surface area contributed by atoms with Crippen LogP contribution < -0.4 is 0 Å². The maximum atomic E-state index is 10.4. The van der Waals surface area contributed by atoms with Gasteiger partial charge >= 0.3 is 0 Å². The van der Waals surface area contributed by atoms with E-state index in [2.05, 4.69) is 6.58 Å². The first-order chi connectivity index (χ1) is 4.18. The molecule has 0 heterocycles. The SMILES string of the molecule is C=C(OCCC)C(C)=O. The van der Waals surface area contributed by atoms with Gasteiger partial charge in [0.1, 0.15) is 0 Å². The minimum Gasteiger partial charge on any atom is -0.491 e. The van der Waals surface area contributed by atoms with Crippen molar-refractivity contribution in [1.29, 1.82) is 0 Å². The number of rotatable bonds is 4. The van der Waals surface area contributed by atoms with Crippen LogP contribution in [-0.2, 0) is 9.53 Å². The normalized spacial score (nSPS) is 8.67. The molecule has 0 aromatic heterocycles. The summed E-state index contributed by atoms with van der Waals surface area (Å²) in [6.45, 7) is 7.42. The van der Waals surface area contributed by atoms with E-state index in [-0.39, 0.29) is 11.5 Å². The monoisotopic (exact) mass is 128 g/mol. The summed E-state index contributed by atoms with van der Waals surface area (Å²) in [5.41, 5.74) is 0. The van der Waals surface area contributed by atoms with Gasteiger partial charge in [-0.3, -0.25) is 4.79 Å². The highest BCUT2D eigenvalue weighted by Crippen LogP contribution is 1.94. The fraction of sp³-hybridized carbons (Fsp3) is 0.571. The molecule has 0 saturated carbocycles. The molecule has 0 fully saturated rings. The number of carbonyl (C=O) groups is 1. The highest BCUT2D eigenvalue weighted by atomic mass is 16.5. The molecule has 0 unspecified atom stereocenters. The molecule has 0 aliphatic rings. The zero-order valence-electron chi connectivity index (χ0n) is 5.94. The second-order valence-electron chi connectivity index (χ2n) is 1.83. The highest BCUT2D eigenvalue weighted by molar-refractivity contribution is 5.90. The van der Waals surface area contributed by atoms with Crippen molar-refractivity contribution < 1.29 is 9.53 Å². The topological polar surface area (TPSA) is 26.3 Å². The molecule has 0 aliphatic heterocycles. The molecule has 2 nitrogen and oxygen atoms in total. The lowest BCUT2D eigenvalue weighted by atomic mass is 10.4. The van der Waals surface area contributed by atoms with Gasteiger partial charge in [-0.15, -0.1) is 0 Å². The lowest BCUT2D eigenvalue weighted by Crippen LogP contribution is -2.00. The molecule has 0 N–H and O–H groups in total. The van der Waals surface area contributed by atoms with Crippen molar-refractivity contribution in [3.8, 4) is 0 Å². The lowest BCUT2D eigenvalue weighted by molar-refractivity contribution is -0.116. The predicted octanol–water partition coefficient (Wildman–Crippen LogP) is 1.52. The van der Waals surface area contributed by atoms with Crippen LogP contribution in [0.2, 0.25) is 0 Å². The van der Waals surface area contributed by atoms with E-state index in [4.69, 9.17) is 4.74 Å². The van der Waals surface area contributed by atoms with Crippen LogP contribution in [0.4, 0.5) is 0 Å². The Bertz CT molecular complexity index is 116. The molecule has 0 aliphatic carbocycles. The van der Waals surface area contributed by atoms with E-state index in [1.54, 1.807) is 0 Å². The number of ether oxygens (including phenoxy) is 1. The largest absolute Gasteiger partial charge is 0.491 e. The predicted molar refractivity (Wildman–Crippen MR) is 36.1 cm³/mol. The second-order valence-corrected chi connectivity index (χ2v) is 1.83. The highest BCUT2D eigenvalue weighted by Gasteiger charge is 1.97. The van der Waals surface area contributed by atoms with E-state index in [9.17, 15) is 4.79 Å². The molecule has 0 bridgehead atoms. The maximum absolute atomic E-state index is 10.4. The Balaban J connectivity index is 3.39. The van der Waals surface area contributed by atoms with Crippen molar-refractivity contribution in [2.45, 2.75) is 20.3 Å². The van der Waals surface area contributed by atoms with E-state index in [0.717, 1.165) is 6.42 Å². The molecule has 0 spiro atoms. The third-order valence-corrected chi connectivity index (χ3v) is 0.873. The molecule has 0 saturated heterocycles. The van der Waals surface area contributed by atoms with Gasteiger partial charge in [-0.25, -0.2) is 0 Å². The van der Waals surface area contributed by atoms with Gasteiger partial charge in [0.15, 0.2) is 11.5 Å².